The van der Waals surface area contributed by atoms with Crippen LogP contribution in [0.5, 0.6) is 0 Å². The fraction of sp³-hybridized carbons (Fsp3) is 1.00. The van der Waals surface area contributed by atoms with Crippen LogP contribution in [0, 0.1) is 5.92 Å². The second-order valence-corrected chi connectivity index (χ2v) is 10.2. The van der Waals surface area contributed by atoms with Gasteiger partial charge < -0.3 is 5.32 Å². The number of nitrogens with zero attached hydrogens (tertiary/aromatic N) is 1. The molecule has 1 aliphatic heterocycles. The SMILES string of the molecule is CC(C)NCC1CCCN(S(=O)(=O)CCS(C)(=O)=O)C1. The lowest BCUT2D eigenvalue weighted by Gasteiger charge is -2.32. The van der Waals surface area contributed by atoms with Gasteiger partial charge >= 0.3 is 0 Å². The van der Waals surface area contributed by atoms with Crippen LogP contribution in [0.3, 0.4) is 0 Å². The van der Waals surface area contributed by atoms with Crippen LogP contribution < -0.4 is 5.32 Å². The van der Waals surface area contributed by atoms with E-state index in [1.54, 1.807) is 0 Å². The number of rotatable bonds is 7. The summed E-state index contributed by atoms with van der Waals surface area (Å²) in [7, 11) is -6.71. The van der Waals surface area contributed by atoms with Gasteiger partial charge in [-0.2, -0.15) is 0 Å². The van der Waals surface area contributed by atoms with E-state index in [0.29, 0.717) is 25.0 Å². The van der Waals surface area contributed by atoms with Crippen molar-refractivity contribution in [3.63, 3.8) is 0 Å². The van der Waals surface area contributed by atoms with E-state index in [1.807, 2.05) is 0 Å². The zero-order valence-electron chi connectivity index (χ0n) is 12.5. The molecule has 1 heterocycles. The molecule has 1 saturated heterocycles. The van der Waals surface area contributed by atoms with Gasteiger partial charge in [0.25, 0.3) is 0 Å². The van der Waals surface area contributed by atoms with Crippen molar-refractivity contribution in [2.45, 2.75) is 32.7 Å². The highest BCUT2D eigenvalue weighted by Crippen LogP contribution is 2.19. The van der Waals surface area contributed by atoms with Gasteiger partial charge in [0, 0.05) is 25.4 Å². The summed E-state index contributed by atoms with van der Waals surface area (Å²) in [6.45, 7) is 5.92. The minimum absolute atomic E-state index is 0.305. The summed E-state index contributed by atoms with van der Waals surface area (Å²) >= 11 is 0. The van der Waals surface area contributed by atoms with Crippen LogP contribution in [0.2, 0.25) is 0 Å². The minimum Gasteiger partial charge on any atom is -0.314 e. The summed E-state index contributed by atoms with van der Waals surface area (Å²) in [5.41, 5.74) is 0. The normalized spacial score (nSPS) is 22.3. The maximum Gasteiger partial charge on any atom is 0.215 e. The zero-order chi connectivity index (χ0) is 15.4. The van der Waals surface area contributed by atoms with Crippen LogP contribution in [0.4, 0.5) is 0 Å². The minimum atomic E-state index is -3.46. The van der Waals surface area contributed by atoms with Crippen molar-refractivity contribution in [3.8, 4) is 0 Å². The molecule has 1 rings (SSSR count). The third-order valence-corrected chi connectivity index (χ3v) is 6.44. The van der Waals surface area contributed by atoms with Gasteiger partial charge in [-0.1, -0.05) is 13.8 Å². The topological polar surface area (TPSA) is 83.6 Å². The lowest BCUT2D eigenvalue weighted by Crippen LogP contribution is -2.45. The second kappa shape index (κ2) is 7.20. The van der Waals surface area contributed by atoms with Gasteiger partial charge in [-0.05, 0) is 25.3 Å². The second-order valence-electron chi connectivity index (χ2n) is 5.88. The van der Waals surface area contributed by atoms with Crippen molar-refractivity contribution < 1.29 is 16.8 Å². The summed E-state index contributed by atoms with van der Waals surface area (Å²) in [5.74, 6) is -0.309. The molecule has 0 spiro atoms. The highest BCUT2D eigenvalue weighted by molar-refractivity contribution is 7.93. The third kappa shape index (κ3) is 6.51. The fourth-order valence-corrected chi connectivity index (χ4v) is 5.39. The molecule has 8 heteroatoms. The Morgan fingerprint density at radius 2 is 1.85 bits per heavy atom. The van der Waals surface area contributed by atoms with Gasteiger partial charge in [-0.15, -0.1) is 0 Å². The predicted octanol–water partition coefficient (Wildman–Crippen LogP) is 0.0708. The van der Waals surface area contributed by atoms with Crippen LogP contribution in [-0.2, 0) is 19.9 Å². The van der Waals surface area contributed by atoms with Gasteiger partial charge in [0.1, 0.15) is 9.84 Å². The third-order valence-electron chi connectivity index (χ3n) is 3.40. The highest BCUT2D eigenvalue weighted by Gasteiger charge is 2.29. The van der Waals surface area contributed by atoms with E-state index in [2.05, 4.69) is 19.2 Å². The molecule has 0 aromatic carbocycles. The number of sulfone groups is 1. The highest BCUT2D eigenvalue weighted by atomic mass is 32.2. The summed E-state index contributed by atoms with van der Waals surface area (Å²) in [6.07, 6.45) is 2.91. The molecule has 0 bridgehead atoms. The molecule has 0 aromatic heterocycles. The number of sulfonamides is 1. The molecule has 1 aliphatic rings. The summed E-state index contributed by atoms with van der Waals surface area (Å²) in [5, 5.41) is 3.33. The molecule has 1 unspecified atom stereocenters. The first kappa shape index (κ1) is 17.9. The Labute approximate surface area is 122 Å². The van der Waals surface area contributed by atoms with Gasteiger partial charge in [0.15, 0.2) is 0 Å². The largest absolute Gasteiger partial charge is 0.314 e. The smallest absolute Gasteiger partial charge is 0.215 e. The molecule has 6 nitrogen and oxygen atoms in total. The summed E-state index contributed by atoms with van der Waals surface area (Å²) < 4.78 is 48.0. The number of hydrogen-bond donors (Lipinski definition) is 1. The van der Waals surface area contributed by atoms with E-state index in [0.717, 1.165) is 25.6 Å². The quantitative estimate of drug-likeness (QED) is 0.716. The Hall–Kier alpha value is -0.180. The van der Waals surface area contributed by atoms with E-state index in [9.17, 15) is 16.8 Å². The van der Waals surface area contributed by atoms with Gasteiger partial charge in [0.05, 0.1) is 11.5 Å². The molecule has 1 N–H and O–H groups in total. The average Bonchev–Trinajstić information content (AvgIpc) is 2.34. The van der Waals surface area contributed by atoms with Crippen molar-refractivity contribution in [2.75, 3.05) is 37.4 Å². The summed E-state index contributed by atoms with van der Waals surface area (Å²) in [6, 6.07) is 0.382. The molecular weight excluding hydrogens is 300 g/mol. The molecule has 20 heavy (non-hydrogen) atoms. The first-order chi connectivity index (χ1) is 9.10. The van der Waals surface area contributed by atoms with Crippen molar-refractivity contribution in [2.24, 2.45) is 5.92 Å². The molecule has 0 radical (unpaired) electrons. The molecule has 1 fully saturated rings. The molecule has 0 aromatic rings. The van der Waals surface area contributed by atoms with Crippen molar-refractivity contribution in [3.05, 3.63) is 0 Å². The number of nitrogens with one attached hydrogen (secondary N) is 1. The first-order valence-electron chi connectivity index (χ1n) is 6.99. The fourth-order valence-electron chi connectivity index (χ4n) is 2.23. The van der Waals surface area contributed by atoms with E-state index in [1.165, 1.54) is 4.31 Å². The lowest BCUT2D eigenvalue weighted by atomic mass is 9.99. The lowest BCUT2D eigenvalue weighted by molar-refractivity contribution is 0.257. The zero-order valence-corrected chi connectivity index (χ0v) is 14.1. The Kier molecular flexibility index (Phi) is 6.43. The van der Waals surface area contributed by atoms with Crippen molar-refractivity contribution in [1.82, 2.24) is 9.62 Å². The van der Waals surface area contributed by atoms with E-state index in [4.69, 9.17) is 0 Å². The van der Waals surface area contributed by atoms with E-state index < -0.39 is 19.9 Å². The Morgan fingerprint density at radius 3 is 2.40 bits per heavy atom. The first-order valence-corrected chi connectivity index (χ1v) is 10.7. The Balaban J connectivity index is 2.57. The molecule has 1 atom stereocenters. The van der Waals surface area contributed by atoms with Gasteiger partial charge in [-0.25, -0.2) is 21.1 Å². The standard InChI is InChI=1S/C12H26N2O4S2/c1-11(2)13-9-12-5-4-6-14(10-12)20(17,18)8-7-19(3,15)16/h11-13H,4-10H2,1-3H3. The molecule has 120 valence electrons. The van der Waals surface area contributed by atoms with Gasteiger partial charge in [0.2, 0.25) is 10.0 Å². The van der Waals surface area contributed by atoms with E-state index >= 15 is 0 Å². The Morgan fingerprint density at radius 1 is 1.20 bits per heavy atom. The maximum atomic E-state index is 12.2. The maximum absolute atomic E-state index is 12.2. The van der Waals surface area contributed by atoms with Crippen LogP contribution in [0.15, 0.2) is 0 Å². The van der Waals surface area contributed by atoms with Crippen LogP contribution in [0.25, 0.3) is 0 Å². The number of piperidine rings is 1. The van der Waals surface area contributed by atoms with Gasteiger partial charge in [-0.3, -0.25) is 0 Å². The van der Waals surface area contributed by atoms with E-state index in [-0.39, 0.29) is 11.5 Å². The van der Waals surface area contributed by atoms with Crippen LogP contribution in [-0.4, -0.2) is 64.6 Å². The van der Waals surface area contributed by atoms with Crippen LogP contribution >= 0.6 is 0 Å². The average molecular weight is 326 g/mol. The molecule has 0 saturated carbocycles. The van der Waals surface area contributed by atoms with Crippen molar-refractivity contribution in [1.29, 1.82) is 0 Å². The monoisotopic (exact) mass is 326 g/mol. The number of hydrogen-bond acceptors (Lipinski definition) is 5. The predicted molar refractivity (Wildman–Crippen MR) is 80.9 cm³/mol. The molecule has 0 aliphatic carbocycles. The summed E-state index contributed by atoms with van der Waals surface area (Å²) in [4.78, 5) is 0. The Bertz CT molecular complexity index is 500. The molecular formula is C12H26N2O4S2. The molecule has 0 amide bonds. The van der Waals surface area contributed by atoms with Crippen LogP contribution in [0.1, 0.15) is 26.7 Å². The van der Waals surface area contributed by atoms with Crippen molar-refractivity contribution >= 4 is 19.9 Å².